The molecule has 0 bridgehead atoms. The van der Waals surface area contributed by atoms with Gasteiger partial charge in [-0.25, -0.2) is 8.78 Å². The number of piperidine rings is 1. The number of carbonyl (C=O) groups excluding carboxylic acids is 1. The second kappa shape index (κ2) is 7.50. The summed E-state index contributed by atoms with van der Waals surface area (Å²) in [5.74, 6) is -0.939. The van der Waals surface area contributed by atoms with Crippen LogP contribution in [0.1, 0.15) is 27.9 Å². The van der Waals surface area contributed by atoms with Crippen molar-refractivity contribution in [2.45, 2.75) is 19.4 Å². The molecule has 2 atom stereocenters. The molecule has 152 valence electrons. The van der Waals surface area contributed by atoms with Crippen molar-refractivity contribution in [3.05, 3.63) is 70.8 Å². The molecule has 0 saturated carbocycles. The minimum Gasteiger partial charge on any atom is -0.381 e. The molecule has 2 aromatic carbocycles. The molecule has 2 aliphatic heterocycles. The van der Waals surface area contributed by atoms with Gasteiger partial charge in [-0.1, -0.05) is 12.1 Å². The number of aryl methyl sites for hydroxylation is 1. The SMILES string of the molecule is Cc1cc(C(=O)N(C)C)ccc1N1CCC2NC(c3c(F)cccc3F)=CC2C1. The Balaban J connectivity index is 1.55. The van der Waals surface area contributed by atoms with Gasteiger partial charge < -0.3 is 15.1 Å². The van der Waals surface area contributed by atoms with E-state index in [1.165, 1.54) is 18.2 Å². The van der Waals surface area contributed by atoms with E-state index in [9.17, 15) is 13.6 Å². The molecule has 1 amide bonds. The number of amides is 1. The second-order valence-electron chi connectivity index (χ2n) is 8.03. The fraction of sp³-hybridized carbons (Fsp3) is 0.348. The van der Waals surface area contributed by atoms with Crippen LogP contribution >= 0.6 is 0 Å². The summed E-state index contributed by atoms with van der Waals surface area (Å²) in [4.78, 5) is 16.1. The summed E-state index contributed by atoms with van der Waals surface area (Å²) in [6, 6.07) is 9.91. The Bertz CT molecular complexity index is 966. The summed E-state index contributed by atoms with van der Waals surface area (Å²) in [7, 11) is 3.48. The quantitative estimate of drug-likeness (QED) is 0.856. The van der Waals surface area contributed by atoms with Crippen LogP contribution < -0.4 is 10.2 Å². The highest BCUT2D eigenvalue weighted by molar-refractivity contribution is 5.94. The van der Waals surface area contributed by atoms with Gasteiger partial charge in [-0.2, -0.15) is 0 Å². The highest BCUT2D eigenvalue weighted by Gasteiger charge is 2.35. The molecule has 1 saturated heterocycles. The minimum absolute atomic E-state index is 0.0159. The molecule has 0 aromatic heterocycles. The standard InChI is InChI=1S/C23H25F2N3O/c1-14-11-15(23(29)27(2)3)7-8-21(14)28-10-9-19-16(13-28)12-20(26-19)22-17(24)5-4-6-18(22)25/h4-8,11-12,16,19,26H,9-10,13H2,1-3H3. The van der Waals surface area contributed by atoms with Crippen LogP contribution in [0.25, 0.3) is 5.70 Å². The Morgan fingerprint density at radius 1 is 1.17 bits per heavy atom. The van der Waals surface area contributed by atoms with E-state index in [4.69, 9.17) is 0 Å². The lowest BCUT2D eigenvalue weighted by Gasteiger charge is -2.37. The molecule has 1 N–H and O–H groups in total. The van der Waals surface area contributed by atoms with E-state index in [0.717, 1.165) is 30.8 Å². The third kappa shape index (κ3) is 3.59. The summed E-state index contributed by atoms with van der Waals surface area (Å²) in [5, 5.41) is 3.32. The number of carbonyl (C=O) groups is 1. The first-order chi connectivity index (χ1) is 13.8. The molecule has 29 heavy (non-hydrogen) atoms. The van der Waals surface area contributed by atoms with Crippen molar-refractivity contribution < 1.29 is 13.6 Å². The smallest absolute Gasteiger partial charge is 0.253 e. The maximum atomic E-state index is 14.2. The van der Waals surface area contributed by atoms with E-state index in [1.807, 2.05) is 31.2 Å². The van der Waals surface area contributed by atoms with E-state index in [2.05, 4.69) is 10.2 Å². The summed E-state index contributed by atoms with van der Waals surface area (Å²) < 4.78 is 28.3. The number of halogens is 2. The lowest BCUT2D eigenvalue weighted by Crippen LogP contribution is -2.45. The predicted octanol–water partition coefficient (Wildman–Crippen LogP) is 3.81. The molecule has 1 fully saturated rings. The zero-order valence-electron chi connectivity index (χ0n) is 16.9. The number of nitrogens with one attached hydrogen (secondary N) is 1. The number of rotatable bonds is 3. The van der Waals surface area contributed by atoms with Crippen molar-refractivity contribution in [1.82, 2.24) is 10.2 Å². The molecule has 4 rings (SSSR count). The fourth-order valence-electron chi connectivity index (χ4n) is 4.32. The maximum absolute atomic E-state index is 14.2. The maximum Gasteiger partial charge on any atom is 0.253 e. The topological polar surface area (TPSA) is 35.6 Å². The molecule has 2 unspecified atom stereocenters. The molecule has 4 nitrogen and oxygen atoms in total. The summed E-state index contributed by atoms with van der Waals surface area (Å²) in [6.07, 6.45) is 2.83. The van der Waals surface area contributed by atoms with E-state index in [0.29, 0.717) is 11.3 Å². The van der Waals surface area contributed by atoms with Gasteiger partial charge in [0.15, 0.2) is 0 Å². The molecule has 6 heteroatoms. The summed E-state index contributed by atoms with van der Waals surface area (Å²) in [5.41, 5.74) is 3.38. The normalized spacial score (nSPS) is 20.7. The van der Waals surface area contributed by atoms with Gasteiger partial charge in [0.1, 0.15) is 11.6 Å². The zero-order chi connectivity index (χ0) is 20.7. The van der Waals surface area contributed by atoms with Crippen molar-refractivity contribution in [2.24, 2.45) is 5.92 Å². The average molecular weight is 397 g/mol. The molecule has 2 aromatic rings. The first-order valence-corrected chi connectivity index (χ1v) is 9.85. The minimum atomic E-state index is -0.545. The largest absolute Gasteiger partial charge is 0.381 e. The molecule has 2 heterocycles. The van der Waals surface area contributed by atoms with E-state index < -0.39 is 11.6 Å². The Kier molecular flexibility index (Phi) is 5.03. The monoisotopic (exact) mass is 397 g/mol. The predicted molar refractivity (Wildman–Crippen MR) is 111 cm³/mol. The van der Waals surface area contributed by atoms with Crippen molar-refractivity contribution >= 4 is 17.3 Å². The lowest BCUT2D eigenvalue weighted by molar-refractivity contribution is 0.0827. The second-order valence-corrected chi connectivity index (χ2v) is 8.03. The van der Waals surface area contributed by atoms with Gasteiger partial charge >= 0.3 is 0 Å². The van der Waals surface area contributed by atoms with Crippen LogP contribution in [0.4, 0.5) is 14.5 Å². The van der Waals surface area contributed by atoms with Gasteiger partial charge in [-0.05, 0) is 49.2 Å². The highest BCUT2D eigenvalue weighted by atomic mass is 19.1. The van der Waals surface area contributed by atoms with Crippen LogP contribution in [0.3, 0.4) is 0 Å². The first kappa shape index (κ1) is 19.4. The Morgan fingerprint density at radius 3 is 2.55 bits per heavy atom. The molecular weight excluding hydrogens is 372 g/mol. The molecule has 0 aliphatic carbocycles. The Morgan fingerprint density at radius 2 is 1.90 bits per heavy atom. The van der Waals surface area contributed by atoms with Crippen LogP contribution in [0.2, 0.25) is 0 Å². The number of hydrogen-bond donors (Lipinski definition) is 1. The number of hydrogen-bond acceptors (Lipinski definition) is 3. The highest BCUT2D eigenvalue weighted by Crippen LogP contribution is 2.34. The summed E-state index contributed by atoms with van der Waals surface area (Å²) in [6.45, 7) is 3.62. The van der Waals surface area contributed by atoms with Crippen LogP contribution in [0, 0.1) is 24.5 Å². The Labute approximate surface area is 169 Å². The van der Waals surface area contributed by atoms with E-state index >= 15 is 0 Å². The molecular formula is C23H25F2N3O. The van der Waals surface area contributed by atoms with Crippen molar-refractivity contribution in [3.63, 3.8) is 0 Å². The van der Waals surface area contributed by atoms with Gasteiger partial charge in [0, 0.05) is 56.1 Å². The van der Waals surface area contributed by atoms with Crippen LogP contribution in [-0.4, -0.2) is 44.0 Å². The van der Waals surface area contributed by atoms with Gasteiger partial charge in [-0.3, -0.25) is 4.79 Å². The average Bonchev–Trinajstić information content (AvgIpc) is 3.09. The molecule has 0 radical (unpaired) electrons. The first-order valence-electron chi connectivity index (χ1n) is 9.85. The number of fused-ring (bicyclic) bond motifs is 1. The fourth-order valence-corrected chi connectivity index (χ4v) is 4.32. The number of nitrogens with zero attached hydrogens (tertiary/aromatic N) is 2. The number of anilines is 1. The number of benzene rings is 2. The zero-order valence-corrected chi connectivity index (χ0v) is 16.9. The van der Waals surface area contributed by atoms with Gasteiger partial charge in [0.2, 0.25) is 0 Å². The van der Waals surface area contributed by atoms with Crippen LogP contribution in [0.5, 0.6) is 0 Å². The van der Waals surface area contributed by atoms with E-state index in [1.54, 1.807) is 19.0 Å². The van der Waals surface area contributed by atoms with Crippen LogP contribution in [0.15, 0.2) is 42.5 Å². The third-order valence-electron chi connectivity index (χ3n) is 5.80. The van der Waals surface area contributed by atoms with Crippen molar-refractivity contribution in [3.8, 4) is 0 Å². The molecule has 2 aliphatic rings. The van der Waals surface area contributed by atoms with Crippen molar-refractivity contribution in [1.29, 1.82) is 0 Å². The van der Waals surface area contributed by atoms with Gasteiger partial charge in [0.25, 0.3) is 5.91 Å². The summed E-state index contributed by atoms with van der Waals surface area (Å²) >= 11 is 0. The van der Waals surface area contributed by atoms with Gasteiger partial charge in [-0.15, -0.1) is 0 Å². The van der Waals surface area contributed by atoms with Crippen molar-refractivity contribution in [2.75, 3.05) is 32.1 Å². The third-order valence-corrected chi connectivity index (χ3v) is 5.80. The Hall–Kier alpha value is -2.89. The lowest BCUT2D eigenvalue weighted by atomic mass is 9.93. The molecule has 0 spiro atoms. The van der Waals surface area contributed by atoms with E-state index in [-0.39, 0.29) is 23.4 Å². The van der Waals surface area contributed by atoms with Gasteiger partial charge in [0.05, 0.1) is 5.56 Å². The van der Waals surface area contributed by atoms with Crippen LogP contribution in [-0.2, 0) is 0 Å².